The fraction of sp³-hybridized carbons (Fsp3) is 0.0625. The van der Waals surface area contributed by atoms with E-state index in [-0.39, 0.29) is 5.56 Å². The highest BCUT2D eigenvalue weighted by atomic mass is 32.1. The molecule has 3 aromatic rings. The van der Waals surface area contributed by atoms with Gasteiger partial charge in [0.2, 0.25) is 0 Å². The van der Waals surface area contributed by atoms with E-state index >= 15 is 0 Å². The Hall–Kier alpha value is -2.38. The Balaban J connectivity index is 1.81. The molecular formula is C16H11FN2S. The molecule has 0 atom stereocenters. The third-order valence-corrected chi connectivity index (χ3v) is 4.03. The first-order valence-corrected chi connectivity index (χ1v) is 7.04. The standard InChI is InChI=1S/C16H11FN2S/c17-16-12(9-18)2-1-3-13(16)10-19-14-4-5-15-11(8-14)6-7-20-15/h1-8,19H,10H2. The molecule has 3 rings (SSSR count). The van der Waals surface area contributed by atoms with Crippen LogP contribution in [-0.2, 0) is 6.54 Å². The fourth-order valence-electron chi connectivity index (χ4n) is 2.08. The zero-order chi connectivity index (χ0) is 13.9. The van der Waals surface area contributed by atoms with Crippen LogP contribution in [0.3, 0.4) is 0 Å². The van der Waals surface area contributed by atoms with Gasteiger partial charge in [-0.25, -0.2) is 4.39 Å². The first kappa shape index (κ1) is 12.6. The lowest BCUT2D eigenvalue weighted by Crippen LogP contribution is -2.02. The summed E-state index contributed by atoms with van der Waals surface area (Å²) < 4.78 is 15.1. The van der Waals surface area contributed by atoms with Gasteiger partial charge in [-0.15, -0.1) is 11.3 Å². The van der Waals surface area contributed by atoms with Crippen LogP contribution < -0.4 is 5.32 Å². The SMILES string of the molecule is N#Cc1cccc(CNc2ccc3sccc3c2)c1F. The number of hydrogen-bond donors (Lipinski definition) is 1. The molecule has 0 unspecified atom stereocenters. The number of halogens is 1. The lowest BCUT2D eigenvalue weighted by molar-refractivity contribution is 0.609. The van der Waals surface area contributed by atoms with Crippen LogP contribution in [0, 0.1) is 17.1 Å². The quantitative estimate of drug-likeness (QED) is 0.766. The summed E-state index contributed by atoms with van der Waals surface area (Å²) in [6, 6.07) is 14.8. The van der Waals surface area contributed by atoms with E-state index in [1.165, 1.54) is 16.2 Å². The summed E-state index contributed by atoms with van der Waals surface area (Å²) >= 11 is 1.69. The second kappa shape index (κ2) is 5.32. The second-order valence-corrected chi connectivity index (χ2v) is 5.36. The van der Waals surface area contributed by atoms with E-state index in [9.17, 15) is 4.39 Å². The molecule has 0 bridgehead atoms. The number of rotatable bonds is 3. The van der Waals surface area contributed by atoms with Crippen molar-refractivity contribution in [2.45, 2.75) is 6.54 Å². The molecule has 1 N–H and O–H groups in total. The van der Waals surface area contributed by atoms with E-state index in [0.717, 1.165) is 5.69 Å². The number of thiophene rings is 1. The van der Waals surface area contributed by atoms with Crippen LogP contribution in [0.5, 0.6) is 0 Å². The zero-order valence-electron chi connectivity index (χ0n) is 10.6. The lowest BCUT2D eigenvalue weighted by atomic mass is 10.1. The molecule has 0 amide bonds. The van der Waals surface area contributed by atoms with Crippen molar-refractivity contribution in [1.29, 1.82) is 5.26 Å². The summed E-state index contributed by atoms with van der Waals surface area (Å²) in [5.74, 6) is -0.445. The number of nitrogens with one attached hydrogen (secondary N) is 1. The van der Waals surface area contributed by atoms with Crippen LogP contribution >= 0.6 is 11.3 Å². The molecule has 0 saturated carbocycles. The number of nitrogens with zero attached hydrogens (tertiary/aromatic N) is 1. The summed E-state index contributed by atoms with van der Waals surface area (Å²) in [7, 11) is 0. The highest BCUT2D eigenvalue weighted by molar-refractivity contribution is 7.17. The largest absolute Gasteiger partial charge is 0.381 e. The van der Waals surface area contributed by atoms with Crippen LogP contribution in [-0.4, -0.2) is 0 Å². The third kappa shape index (κ3) is 2.36. The second-order valence-electron chi connectivity index (χ2n) is 4.42. The van der Waals surface area contributed by atoms with Crippen LogP contribution in [0.1, 0.15) is 11.1 Å². The minimum absolute atomic E-state index is 0.0811. The van der Waals surface area contributed by atoms with Crippen molar-refractivity contribution in [3.8, 4) is 6.07 Å². The summed E-state index contributed by atoms with van der Waals surface area (Å²) in [5.41, 5.74) is 1.52. The van der Waals surface area contributed by atoms with Gasteiger partial charge in [0.1, 0.15) is 11.9 Å². The van der Waals surface area contributed by atoms with Gasteiger partial charge in [-0.2, -0.15) is 5.26 Å². The van der Waals surface area contributed by atoms with Crippen molar-refractivity contribution in [1.82, 2.24) is 0 Å². The average Bonchev–Trinajstić information content (AvgIpc) is 2.93. The smallest absolute Gasteiger partial charge is 0.145 e. The molecule has 98 valence electrons. The van der Waals surface area contributed by atoms with Crippen molar-refractivity contribution in [3.05, 3.63) is 64.8 Å². The van der Waals surface area contributed by atoms with E-state index in [2.05, 4.69) is 11.4 Å². The van der Waals surface area contributed by atoms with Gasteiger partial charge in [0.15, 0.2) is 0 Å². The topological polar surface area (TPSA) is 35.8 Å². The highest BCUT2D eigenvalue weighted by Gasteiger charge is 2.07. The van der Waals surface area contributed by atoms with Gasteiger partial charge < -0.3 is 5.32 Å². The van der Waals surface area contributed by atoms with E-state index in [1.54, 1.807) is 23.5 Å². The molecule has 2 nitrogen and oxygen atoms in total. The van der Waals surface area contributed by atoms with Crippen LogP contribution in [0.2, 0.25) is 0 Å². The van der Waals surface area contributed by atoms with E-state index in [4.69, 9.17) is 5.26 Å². The Labute approximate surface area is 120 Å². The maximum Gasteiger partial charge on any atom is 0.145 e. The van der Waals surface area contributed by atoms with Gasteiger partial charge in [-0.1, -0.05) is 12.1 Å². The minimum atomic E-state index is -0.445. The normalized spacial score (nSPS) is 10.4. The van der Waals surface area contributed by atoms with Crippen molar-refractivity contribution < 1.29 is 4.39 Å². The van der Waals surface area contributed by atoms with Crippen LogP contribution in [0.25, 0.3) is 10.1 Å². The van der Waals surface area contributed by atoms with Crippen molar-refractivity contribution >= 4 is 27.1 Å². The molecule has 1 heterocycles. The number of hydrogen-bond acceptors (Lipinski definition) is 3. The van der Waals surface area contributed by atoms with Crippen molar-refractivity contribution in [2.75, 3.05) is 5.32 Å². The van der Waals surface area contributed by atoms with Crippen molar-refractivity contribution in [2.24, 2.45) is 0 Å². The van der Waals surface area contributed by atoms with Crippen LogP contribution in [0.15, 0.2) is 47.8 Å². The Morgan fingerprint density at radius 3 is 2.95 bits per heavy atom. The fourth-order valence-corrected chi connectivity index (χ4v) is 2.85. The maximum atomic E-state index is 13.9. The molecule has 0 saturated heterocycles. The first-order valence-electron chi connectivity index (χ1n) is 6.16. The number of nitriles is 1. The summed E-state index contributed by atoms with van der Waals surface area (Å²) in [6.07, 6.45) is 0. The lowest BCUT2D eigenvalue weighted by Gasteiger charge is -2.08. The van der Waals surface area contributed by atoms with E-state index < -0.39 is 5.82 Å². The van der Waals surface area contributed by atoms with Gasteiger partial charge >= 0.3 is 0 Å². The molecule has 0 aliphatic carbocycles. The Kier molecular flexibility index (Phi) is 3.36. The predicted octanol–water partition coefficient (Wildman–Crippen LogP) is 4.52. The molecule has 0 aliphatic rings. The number of anilines is 1. The van der Waals surface area contributed by atoms with Gasteiger partial charge in [-0.05, 0) is 41.1 Å². The summed E-state index contributed by atoms with van der Waals surface area (Å²) in [4.78, 5) is 0. The van der Waals surface area contributed by atoms with Gasteiger partial charge in [0.25, 0.3) is 0 Å². The molecule has 0 spiro atoms. The monoisotopic (exact) mass is 282 g/mol. The molecule has 0 radical (unpaired) electrons. The molecular weight excluding hydrogens is 271 g/mol. The highest BCUT2D eigenvalue weighted by Crippen LogP contribution is 2.24. The van der Waals surface area contributed by atoms with E-state index in [0.29, 0.717) is 12.1 Å². The van der Waals surface area contributed by atoms with Crippen molar-refractivity contribution in [3.63, 3.8) is 0 Å². The molecule has 20 heavy (non-hydrogen) atoms. The van der Waals surface area contributed by atoms with E-state index in [1.807, 2.05) is 29.6 Å². The molecule has 0 fully saturated rings. The molecule has 1 aromatic heterocycles. The van der Waals surface area contributed by atoms with Gasteiger partial charge in [0, 0.05) is 22.5 Å². The Bertz CT molecular complexity index is 802. The molecule has 0 aliphatic heterocycles. The number of benzene rings is 2. The zero-order valence-corrected chi connectivity index (χ0v) is 11.4. The average molecular weight is 282 g/mol. The van der Waals surface area contributed by atoms with Gasteiger partial charge in [0.05, 0.1) is 5.56 Å². The minimum Gasteiger partial charge on any atom is -0.381 e. The summed E-state index contributed by atoms with van der Waals surface area (Å²) in [6.45, 7) is 0.358. The predicted molar refractivity (Wildman–Crippen MR) is 80.3 cm³/mol. The Morgan fingerprint density at radius 1 is 1.20 bits per heavy atom. The first-order chi connectivity index (χ1) is 9.78. The maximum absolute atomic E-state index is 13.9. The molecule has 4 heteroatoms. The van der Waals surface area contributed by atoms with Gasteiger partial charge in [-0.3, -0.25) is 0 Å². The molecule has 2 aromatic carbocycles. The number of fused-ring (bicyclic) bond motifs is 1. The summed E-state index contributed by atoms with van der Waals surface area (Å²) in [5, 5.41) is 15.2. The third-order valence-electron chi connectivity index (χ3n) is 3.13. The Morgan fingerprint density at radius 2 is 2.10 bits per heavy atom. The van der Waals surface area contributed by atoms with Crippen LogP contribution in [0.4, 0.5) is 10.1 Å².